The van der Waals surface area contributed by atoms with Crippen molar-refractivity contribution in [2.45, 2.75) is 48.5 Å². The highest BCUT2D eigenvalue weighted by Gasteiger charge is 2.35. The van der Waals surface area contributed by atoms with Gasteiger partial charge in [0.15, 0.2) is 0 Å². The Morgan fingerprint density at radius 1 is 1.33 bits per heavy atom. The van der Waals surface area contributed by atoms with E-state index in [9.17, 15) is 8.42 Å². The lowest BCUT2D eigenvalue weighted by Crippen LogP contribution is -2.47. The van der Waals surface area contributed by atoms with Gasteiger partial charge in [0.2, 0.25) is 10.0 Å². The third-order valence-electron chi connectivity index (χ3n) is 4.23. The van der Waals surface area contributed by atoms with Crippen molar-refractivity contribution in [1.82, 2.24) is 10.0 Å². The van der Waals surface area contributed by atoms with Crippen LogP contribution in [0.1, 0.15) is 38.5 Å². The highest BCUT2D eigenvalue weighted by Crippen LogP contribution is 2.39. The van der Waals surface area contributed by atoms with Gasteiger partial charge in [0.25, 0.3) is 0 Å². The quantitative estimate of drug-likeness (QED) is 0.803. The lowest BCUT2D eigenvalue weighted by molar-refractivity contribution is 0.484. The van der Waals surface area contributed by atoms with Crippen LogP contribution in [0.25, 0.3) is 0 Å². The van der Waals surface area contributed by atoms with Crippen LogP contribution in [0.4, 0.5) is 0 Å². The Morgan fingerprint density at radius 3 is 2.61 bits per heavy atom. The van der Waals surface area contributed by atoms with Crippen molar-refractivity contribution in [3.63, 3.8) is 0 Å². The van der Waals surface area contributed by atoms with Crippen LogP contribution in [0.3, 0.4) is 0 Å². The first-order valence-electron chi connectivity index (χ1n) is 6.82. The number of hydrogen-bond acceptors (Lipinski definition) is 4. The Labute approximate surface area is 115 Å². The normalized spacial score (nSPS) is 28.4. The zero-order valence-electron chi connectivity index (χ0n) is 11.1. The fraction of sp³-hybridized carbons (Fsp3) is 1.00. The van der Waals surface area contributed by atoms with Crippen LogP contribution >= 0.6 is 11.8 Å². The summed E-state index contributed by atoms with van der Waals surface area (Å²) in [6.07, 6.45) is 8.58. The van der Waals surface area contributed by atoms with E-state index in [2.05, 4.69) is 16.3 Å². The number of rotatable bonds is 5. The van der Waals surface area contributed by atoms with Gasteiger partial charge >= 0.3 is 0 Å². The standard InChI is InChI=1S/C12H24N2O2S2/c1-17-12(6-2-3-7-12)10-14-18(15,16)11-5-4-8-13-9-11/h11,13-14H,2-10H2,1H3. The number of thioether (sulfide) groups is 1. The summed E-state index contributed by atoms with van der Waals surface area (Å²) >= 11 is 1.82. The van der Waals surface area contributed by atoms with Gasteiger partial charge in [-0.2, -0.15) is 11.8 Å². The van der Waals surface area contributed by atoms with Crippen molar-refractivity contribution in [3.8, 4) is 0 Å². The first-order chi connectivity index (χ1) is 8.58. The highest BCUT2D eigenvalue weighted by molar-refractivity contribution is 8.00. The van der Waals surface area contributed by atoms with E-state index < -0.39 is 10.0 Å². The van der Waals surface area contributed by atoms with E-state index in [-0.39, 0.29) is 10.00 Å². The number of nitrogens with one attached hydrogen (secondary N) is 2. The molecule has 18 heavy (non-hydrogen) atoms. The summed E-state index contributed by atoms with van der Waals surface area (Å²) in [4.78, 5) is 0. The number of sulfonamides is 1. The maximum atomic E-state index is 12.2. The molecule has 4 nitrogen and oxygen atoms in total. The monoisotopic (exact) mass is 292 g/mol. The molecule has 0 spiro atoms. The second kappa shape index (κ2) is 6.11. The summed E-state index contributed by atoms with van der Waals surface area (Å²) in [5.41, 5.74) is 0. The summed E-state index contributed by atoms with van der Waals surface area (Å²) in [6.45, 7) is 2.15. The minimum absolute atomic E-state index is 0.148. The molecule has 1 heterocycles. The molecule has 0 aromatic heterocycles. The van der Waals surface area contributed by atoms with E-state index in [1.54, 1.807) is 0 Å². The van der Waals surface area contributed by atoms with Crippen LogP contribution in [0.15, 0.2) is 0 Å². The van der Waals surface area contributed by atoms with Gasteiger partial charge in [-0.15, -0.1) is 0 Å². The van der Waals surface area contributed by atoms with Crippen LogP contribution in [0, 0.1) is 0 Å². The smallest absolute Gasteiger partial charge is 0.215 e. The molecule has 1 unspecified atom stereocenters. The maximum absolute atomic E-state index is 12.2. The number of hydrogen-bond donors (Lipinski definition) is 2. The molecule has 0 radical (unpaired) electrons. The third kappa shape index (κ3) is 3.40. The molecule has 6 heteroatoms. The fourth-order valence-electron chi connectivity index (χ4n) is 2.91. The number of piperidine rings is 1. The van der Waals surface area contributed by atoms with Crippen molar-refractivity contribution < 1.29 is 8.42 Å². The van der Waals surface area contributed by atoms with Gasteiger partial charge in [-0.1, -0.05) is 12.8 Å². The fourth-order valence-corrected chi connectivity index (χ4v) is 5.44. The molecule has 1 saturated carbocycles. The first-order valence-corrected chi connectivity index (χ1v) is 9.59. The van der Waals surface area contributed by atoms with Gasteiger partial charge in [-0.05, 0) is 38.5 Å². The maximum Gasteiger partial charge on any atom is 0.215 e. The Bertz CT molecular complexity index is 358. The Kier molecular flexibility index (Phi) is 4.97. The molecule has 2 fully saturated rings. The van der Waals surface area contributed by atoms with E-state index in [4.69, 9.17) is 0 Å². The summed E-state index contributed by atoms with van der Waals surface area (Å²) in [7, 11) is -3.14. The van der Waals surface area contributed by atoms with Crippen molar-refractivity contribution in [2.24, 2.45) is 0 Å². The van der Waals surface area contributed by atoms with Crippen LogP contribution in [-0.2, 0) is 10.0 Å². The second-order valence-electron chi connectivity index (χ2n) is 5.43. The molecule has 106 valence electrons. The van der Waals surface area contributed by atoms with E-state index in [0.29, 0.717) is 13.1 Å². The van der Waals surface area contributed by atoms with Crippen LogP contribution in [0.2, 0.25) is 0 Å². The summed E-state index contributed by atoms with van der Waals surface area (Å²) in [6, 6.07) is 0. The van der Waals surface area contributed by atoms with Crippen LogP contribution < -0.4 is 10.0 Å². The molecule has 2 N–H and O–H groups in total. The van der Waals surface area contributed by atoms with Crippen molar-refractivity contribution in [1.29, 1.82) is 0 Å². The topological polar surface area (TPSA) is 58.2 Å². The zero-order valence-corrected chi connectivity index (χ0v) is 12.7. The molecule has 0 aromatic rings. The van der Waals surface area contributed by atoms with E-state index in [1.807, 2.05) is 11.8 Å². The molecule has 0 aromatic carbocycles. The Balaban J connectivity index is 1.91. The lowest BCUT2D eigenvalue weighted by Gasteiger charge is -2.29. The average molecular weight is 292 g/mol. The van der Waals surface area contributed by atoms with Gasteiger partial charge in [0.1, 0.15) is 0 Å². The summed E-state index contributed by atoms with van der Waals surface area (Å²) < 4.78 is 27.5. The predicted molar refractivity (Wildman–Crippen MR) is 77.5 cm³/mol. The van der Waals surface area contributed by atoms with Gasteiger partial charge in [0, 0.05) is 17.8 Å². The minimum Gasteiger partial charge on any atom is -0.315 e. The van der Waals surface area contributed by atoms with Crippen LogP contribution in [-0.4, -0.2) is 44.3 Å². The SMILES string of the molecule is CSC1(CNS(=O)(=O)C2CCCNC2)CCCC1. The van der Waals surface area contributed by atoms with Crippen molar-refractivity contribution in [3.05, 3.63) is 0 Å². The molecule has 0 bridgehead atoms. The second-order valence-corrected chi connectivity index (χ2v) is 8.75. The van der Waals surface area contributed by atoms with E-state index >= 15 is 0 Å². The minimum atomic E-state index is -3.14. The van der Waals surface area contributed by atoms with E-state index in [0.717, 1.165) is 32.2 Å². The average Bonchev–Trinajstić information content (AvgIpc) is 2.87. The lowest BCUT2D eigenvalue weighted by atomic mass is 10.1. The molecule has 1 atom stereocenters. The Morgan fingerprint density at radius 2 is 2.06 bits per heavy atom. The molecule has 2 aliphatic rings. The molecular formula is C12H24N2O2S2. The molecular weight excluding hydrogens is 268 g/mol. The summed E-state index contributed by atoms with van der Waals surface area (Å²) in [5.74, 6) is 0. The Hall–Kier alpha value is 0.220. The van der Waals surface area contributed by atoms with Crippen molar-refractivity contribution in [2.75, 3.05) is 25.9 Å². The first kappa shape index (κ1) is 14.6. The largest absolute Gasteiger partial charge is 0.315 e. The van der Waals surface area contributed by atoms with Gasteiger partial charge in [0.05, 0.1) is 5.25 Å². The molecule has 1 aliphatic carbocycles. The molecule has 1 saturated heterocycles. The van der Waals surface area contributed by atoms with Gasteiger partial charge in [-0.3, -0.25) is 0 Å². The molecule has 1 aliphatic heterocycles. The van der Waals surface area contributed by atoms with Gasteiger partial charge in [-0.25, -0.2) is 13.1 Å². The third-order valence-corrected chi connectivity index (χ3v) is 7.48. The predicted octanol–water partition coefficient (Wildman–Crippen LogP) is 1.33. The summed E-state index contributed by atoms with van der Waals surface area (Å²) in [5, 5.41) is 2.92. The molecule has 2 rings (SSSR count). The highest BCUT2D eigenvalue weighted by atomic mass is 32.2. The zero-order chi connectivity index (χ0) is 13.1. The van der Waals surface area contributed by atoms with Crippen molar-refractivity contribution >= 4 is 21.8 Å². The van der Waals surface area contributed by atoms with Gasteiger partial charge < -0.3 is 5.32 Å². The van der Waals surface area contributed by atoms with Crippen LogP contribution in [0.5, 0.6) is 0 Å². The van der Waals surface area contributed by atoms with E-state index in [1.165, 1.54) is 12.8 Å². The molecule has 0 amide bonds.